The predicted molar refractivity (Wildman–Crippen MR) is 84.1 cm³/mol. The van der Waals surface area contributed by atoms with Gasteiger partial charge in [-0.2, -0.15) is 5.26 Å². The van der Waals surface area contributed by atoms with Crippen LogP contribution in [0.1, 0.15) is 35.2 Å². The number of hydrogen-bond acceptors (Lipinski definition) is 3. The molecule has 1 N–H and O–H groups in total. The Morgan fingerprint density at radius 1 is 1.24 bits per heavy atom. The zero-order chi connectivity index (χ0) is 15.2. The third-order valence-corrected chi connectivity index (χ3v) is 3.54. The molecule has 21 heavy (non-hydrogen) atoms. The quantitative estimate of drug-likeness (QED) is 0.907. The summed E-state index contributed by atoms with van der Waals surface area (Å²) in [5, 5.41) is 12.6. The summed E-state index contributed by atoms with van der Waals surface area (Å²) in [6.07, 6.45) is 0. The molecule has 0 aromatic heterocycles. The van der Waals surface area contributed by atoms with Crippen molar-refractivity contribution < 1.29 is 4.74 Å². The summed E-state index contributed by atoms with van der Waals surface area (Å²) < 4.78 is 5.16. The van der Waals surface area contributed by atoms with Crippen LogP contribution in [0.2, 0.25) is 0 Å². The Balaban J connectivity index is 2.05. The molecule has 0 saturated heterocycles. The van der Waals surface area contributed by atoms with Crippen molar-refractivity contribution in [1.29, 1.82) is 5.26 Å². The lowest BCUT2D eigenvalue weighted by atomic mass is 10.1. The molecule has 3 heteroatoms. The number of methoxy groups -OCH3 is 1. The first-order valence-electron chi connectivity index (χ1n) is 7.01. The van der Waals surface area contributed by atoms with Gasteiger partial charge in [0.2, 0.25) is 0 Å². The Labute approximate surface area is 126 Å². The molecule has 0 radical (unpaired) electrons. The average molecular weight is 280 g/mol. The topological polar surface area (TPSA) is 45.0 Å². The first kappa shape index (κ1) is 15.1. The Kier molecular flexibility index (Phi) is 4.97. The molecule has 0 heterocycles. The third-order valence-electron chi connectivity index (χ3n) is 3.54. The Bertz CT molecular complexity index is 659. The lowest BCUT2D eigenvalue weighted by molar-refractivity contribution is 0.413. The maximum absolute atomic E-state index is 9.11. The Morgan fingerprint density at radius 2 is 2.05 bits per heavy atom. The summed E-state index contributed by atoms with van der Waals surface area (Å²) in [6, 6.07) is 16.6. The van der Waals surface area contributed by atoms with Gasteiger partial charge in [0, 0.05) is 12.6 Å². The SMILES string of the molecule is COc1ccc(CN[C@@H](C)c2cccc(C)c2)cc1C#N. The molecule has 2 aromatic carbocycles. The number of benzene rings is 2. The molecular weight excluding hydrogens is 260 g/mol. The van der Waals surface area contributed by atoms with Gasteiger partial charge in [-0.3, -0.25) is 0 Å². The van der Waals surface area contributed by atoms with Crippen LogP contribution in [0.3, 0.4) is 0 Å². The van der Waals surface area contributed by atoms with Crippen LogP contribution < -0.4 is 10.1 Å². The van der Waals surface area contributed by atoms with E-state index in [1.165, 1.54) is 11.1 Å². The third kappa shape index (κ3) is 3.84. The summed E-state index contributed by atoms with van der Waals surface area (Å²) >= 11 is 0. The largest absolute Gasteiger partial charge is 0.495 e. The van der Waals surface area contributed by atoms with E-state index in [9.17, 15) is 0 Å². The number of rotatable bonds is 5. The van der Waals surface area contributed by atoms with Crippen molar-refractivity contribution in [2.24, 2.45) is 0 Å². The highest BCUT2D eigenvalue weighted by molar-refractivity contribution is 5.45. The molecule has 2 rings (SSSR count). The van der Waals surface area contributed by atoms with Crippen LogP contribution in [0.4, 0.5) is 0 Å². The van der Waals surface area contributed by atoms with Crippen molar-refractivity contribution in [3.8, 4) is 11.8 Å². The van der Waals surface area contributed by atoms with Gasteiger partial charge in [0.25, 0.3) is 0 Å². The van der Waals surface area contributed by atoms with E-state index in [1.54, 1.807) is 7.11 Å². The molecule has 0 saturated carbocycles. The van der Waals surface area contributed by atoms with E-state index in [1.807, 2.05) is 18.2 Å². The lowest BCUT2D eigenvalue weighted by Gasteiger charge is -2.15. The number of nitriles is 1. The standard InChI is InChI=1S/C18H20N2O/c1-13-5-4-6-16(9-13)14(2)20-12-15-7-8-18(21-3)17(10-15)11-19/h4-10,14,20H,12H2,1-3H3/t14-/m0/s1. The van der Waals surface area contributed by atoms with Crippen LogP contribution in [0.15, 0.2) is 42.5 Å². The highest BCUT2D eigenvalue weighted by Gasteiger charge is 2.07. The molecule has 0 aliphatic rings. The van der Waals surface area contributed by atoms with Gasteiger partial charge < -0.3 is 10.1 Å². The molecule has 0 spiro atoms. The molecular formula is C18H20N2O. The second-order valence-electron chi connectivity index (χ2n) is 5.16. The number of nitrogens with one attached hydrogen (secondary N) is 1. The minimum absolute atomic E-state index is 0.262. The van der Waals surface area contributed by atoms with E-state index < -0.39 is 0 Å². The van der Waals surface area contributed by atoms with Gasteiger partial charge in [0.1, 0.15) is 11.8 Å². The van der Waals surface area contributed by atoms with Crippen molar-refractivity contribution in [1.82, 2.24) is 5.32 Å². The first-order valence-corrected chi connectivity index (χ1v) is 7.01. The molecule has 0 amide bonds. The second kappa shape index (κ2) is 6.92. The zero-order valence-electron chi connectivity index (χ0n) is 12.7. The van der Waals surface area contributed by atoms with Gasteiger partial charge in [0.05, 0.1) is 12.7 Å². The second-order valence-corrected chi connectivity index (χ2v) is 5.16. The highest BCUT2D eigenvalue weighted by atomic mass is 16.5. The van der Waals surface area contributed by atoms with Crippen LogP contribution >= 0.6 is 0 Å². The average Bonchev–Trinajstić information content (AvgIpc) is 2.52. The molecule has 2 aromatic rings. The summed E-state index contributed by atoms with van der Waals surface area (Å²) in [4.78, 5) is 0. The zero-order valence-corrected chi connectivity index (χ0v) is 12.7. The smallest absolute Gasteiger partial charge is 0.136 e. The maximum Gasteiger partial charge on any atom is 0.136 e. The molecule has 3 nitrogen and oxygen atoms in total. The number of nitrogens with zero attached hydrogens (tertiary/aromatic N) is 1. The van der Waals surface area contributed by atoms with Crippen LogP contribution in [-0.4, -0.2) is 7.11 Å². The van der Waals surface area contributed by atoms with Crippen molar-refractivity contribution >= 4 is 0 Å². The van der Waals surface area contributed by atoms with E-state index in [0.717, 1.165) is 5.56 Å². The van der Waals surface area contributed by atoms with E-state index in [0.29, 0.717) is 17.9 Å². The van der Waals surface area contributed by atoms with E-state index in [2.05, 4.69) is 49.5 Å². The molecule has 1 atom stereocenters. The van der Waals surface area contributed by atoms with Gasteiger partial charge in [-0.15, -0.1) is 0 Å². The molecule has 0 bridgehead atoms. The van der Waals surface area contributed by atoms with Crippen LogP contribution in [-0.2, 0) is 6.54 Å². The van der Waals surface area contributed by atoms with Crippen molar-refractivity contribution in [2.75, 3.05) is 7.11 Å². The van der Waals surface area contributed by atoms with Crippen molar-refractivity contribution in [2.45, 2.75) is 26.4 Å². The summed E-state index contributed by atoms with van der Waals surface area (Å²) in [5.41, 5.74) is 4.17. The van der Waals surface area contributed by atoms with Crippen LogP contribution in [0, 0.1) is 18.3 Å². The van der Waals surface area contributed by atoms with E-state index in [4.69, 9.17) is 10.00 Å². The van der Waals surface area contributed by atoms with Gasteiger partial charge in [-0.25, -0.2) is 0 Å². The maximum atomic E-state index is 9.11. The van der Waals surface area contributed by atoms with Crippen molar-refractivity contribution in [3.05, 3.63) is 64.7 Å². The number of ether oxygens (including phenoxy) is 1. The van der Waals surface area contributed by atoms with Crippen molar-refractivity contribution in [3.63, 3.8) is 0 Å². The van der Waals surface area contributed by atoms with E-state index in [-0.39, 0.29) is 6.04 Å². The predicted octanol–water partition coefficient (Wildman–Crippen LogP) is 3.73. The fourth-order valence-corrected chi connectivity index (χ4v) is 2.28. The monoisotopic (exact) mass is 280 g/mol. The van der Waals surface area contributed by atoms with Gasteiger partial charge in [0.15, 0.2) is 0 Å². The highest BCUT2D eigenvalue weighted by Crippen LogP contribution is 2.20. The van der Waals surface area contributed by atoms with Gasteiger partial charge >= 0.3 is 0 Å². The van der Waals surface area contributed by atoms with Gasteiger partial charge in [-0.05, 0) is 37.1 Å². The Morgan fingerprint density at radius 3 is 2.71 bits per heavy atom. The number of aryl methyl sites for hydroxylation is 1. The normalized spacial score (nSPS) is 11.7. The molecule has 108 valence electrons. The molecule has 0 fully saturated rings. The minimum Gasteiger partial charge on any atom is -0.495 e. The lowest BCUT2D eigenvalue weighted by Crippen LogP contribution is -2.18. The molecule has 0 unspecified atom stereocenters. The summed E-state index contributed by atoms with van der Waals surface area (Å²) in [5.74, 6) is 0.619. The van der Waals surface area contributed by atoms with Crippen LogP contribution in [0.5, 0.6) is 5.75 Å². The summed E-state index contributed by atoms with van der Waals surface area (Å²) in [6.45, 7) is 4.95. The van der Waals surface area contributed by atoms with Crippen LogP contribution in [0.25, 0.3) is 0 Å². The number of hydrogen-bond donors (Lipinski definition) is 1. The Hall–Kier alpha value is -2.31. The molecule has 0 aliphatic heterocycles. The fraction of sp³-hybridized carbons (Fsp3) is 0.278. The van der Waals surface area contributed by atoms with Gasteiger partial charge in [-0.1, -0.05) is 35.9 Å². The van der Waals surface area contributed by atoms with E-state index >= 15 is 0 Å². The first-order chi connectivity index (χ1) is 10.1. The molecule has 0 aliphatic carbocycles. The summed E-state index contributed by atoms with van der Waals surface area (Å²) in [7, 11) is 1.58. The minimum atomic E-state index is 0.262. The fourth-order valence-electron chi connectivity index (χ4n) is 2.28.